The minimum Gasteiger partial charge on any atom is -0.0743 e. The predicted molar refractivity (Wildman–Crippen MR) is 104 cm³/mol. The van der Waals surface area contributed by atoms with Gasteiger partial charge in [-0.2, -0.15) is 0 Å². The van der Waals surface area contributed by atoms with Crippen LogP contribution in [0.5, 0.6) is 0 Å². The highest BCUT2D eigenvalue weighted by molar-refractivity contribution is 14.1. The first-order valence-electron chi connectivity index (χ1n) is 7.74. The Morgan fingerprint density at radius 1 is 1.05 bits per heavy atom. The monoisotopic (exact) mass is 400 g/mol. The summed E-state index contributed by atoms with van der Waals surface area (Å²) in [6, 6.07) is 17.6. The van der Waals surface area contributed by atoms with Gasteiger partial charge in [-0.15, -0.1) is 0 Å². The molecule has 0 heterocycles. The van der Waals surface area contributed by atoms with Crippen molar-refractivity contribution in [2.45, 2.75) is 32.6 Å². The number of halogens is 1. The number of allylic oxidation sites excluding steroid dienone is 4. The van der Waals surface area contributed by atoms with Crippen molar-refractivity contribution < 1.29 is 0 Å². The topological polar surface area (TPSA) is 0 Å². The molecule has 0 fully saturated rings. The molecule has 0 saturated heterocycles. The third-order valence-corrected chi connectivity index (χ3v) is 5.60. The summed E-state index contributed by atoms with van der Waals surface area (Å²) in [4.78, 5) is 0. The second-order valence-electron chi connectivity index (χ2n) is 6.38. The van der Waals surface area contributed by atoms with Crippen molar-refractivity contribution in [2.24, 2.45) is 0 Å². The van der Waals surface area contributed by atoms with Gasteiger partial charge >= 0.3 is 0 Å². The van der Waals surface area contributed by atoms with Crippen LogP contribution in [-0.4, -0.2) is 0 Å². The molecule has 0 atom stereocenters. The van der Waals surface area contributed by atoms with E-state index in [2.05, 4.69) is 104 Å². The molecule has 1 aliphatic rings. The Hall–Kier alpha value is -1.35. The highest BCUT2D eigenvalue weighted by Gasteiger charge is 2.34. The van der Waals surface area contributed by atoms with Gasteiger partial charge in [0.2, 0.25) is 0 Å². The highest BCUT2D eigenvalue weighted by atomic mass is 127. The summed E-state index contributed by atoms with van der Waals surface area (Å²) in [7, 11) is 0. The lowest BCUT2D eigenvalue weighted by atomic mass is 9.81. The molecule has 0 bridgehead atoms. The molecular formula is C21H21I. The van der Waals surface area contributed by atoms with E-state index in [4.69, 9.17) is 0 Å². The van der Waals surface area contributed by atoms with Crippen molar-refractivity contribution in [3.05, 3.63) is 81.0 Å². The fraction of sp³-hybridized carbons (Fsp3) is 0.238. The molecule has 0 aliphatic heterocycles. The molecule has 0 aromatic heterocycles. The largest absolute Gasteiger partial charge is 0.0743 e. The first-order chi connectivity index (χ1) is 10.5. The average Bonchev–Trinajstić information content (AvgIpc) is 2.78. The van der Waals surface area contributed by atoms with Gasteiger partial charge in [-0.25, -0.2) is 0 Å². The minimum absolute atomic E-state index is 0.111. The van der Waals surface area contributed by atoms with E-state index < -0.39 is 0 Å². The van der Waals surface area contributed by atoms with Gasteiger partial charge in [-0.3, -0.25) is 0 Å². The lowest BCUT2D eigenvalue weighted by Crippen LogP contribution is -2.15. The highest BCUT2D eigenvalue weighted by Crippen LogP contribution is 2.44. The van der Waals surface area contributed by atoms with Crippen molar-refractivity contribution in [1.29, 1.82) is 0 Å². The summed E-state index contributed by atoms with van der Waals surface area (Å²) in [5, 5.41) is 0. The van der Waals surface area contributed by atoms with Crippen LogP contribution < -0.4 is 0 Å². The van der Waals surface area contributed by atoms with E-state index in [0.717, 1.165) is 6.42 Å². The van der Waals surface area contributed by atoms with Crippen LogP contribution in [0.15, 0.2) is 69.8 Å². The van der Waals surface area contributed by atoms with Crippen LogP contribution in [-0.2, 0) is 11.8 Å². The zero-order valence-corrected chi connectivity index (χ0v) is 15.5. The lowest BCUT2D eigenvalue weighted by molar-refractivity contribution is 0.644. The van der Waals surface area contributed by atoms with Gasteiger partial charge in [0.25, 0.3) is 0 Å². The standard InChI is InChI=1S/C21H21I/c1-4-19(22)14-18-12-17-11-10-16(13-20(17)21(18,2)3)15-8-6-5-7-9-15/h4-11,13-14H,12H2,1-3H3/b18-14+,19-4+. The van der Waals surface area contributed by atoms with Gasteiger partial charge in [-0.1, -0.05) is 68.0 Å². The molecule has 1 aliphatic carbocycles. The van der Waals surface area contributed by atoms with Crippen molar-refractivity contribution in [1.82, 2.24) is 0 Å². The van der Waals surface area contributed by atoms with Gasteiger partial charge in [0.1, 0.15) is 0 Å². The fourth-order valence-corrected chi connectivity index (χ4v) is 3.58. The summed E-state index contributed by atoms with van der Waals surface area (Å²) >= 11 is 2.41. The fourth-order valence-electron chi connectivity index (χ4n) is 3.20. The van der Waals surface area contributed by atoms with Crippen LogP contribution >= 0.6 is 22.6 Å². The SMILES string of the molecule is C/C=C(I)\C=C1/Cc2ccc(-c3ccccc3)cc2C1(C)C. The van der Waals surface area contributed by atoms with E-state index in [-0.39, 0.29) is 5.41 Å². The quantitative estimate of drug-likeness (QED) is 0.508. The molecule has 0 N–H and O–H groups in total. The van der Waals surface area contributed by atoms with E-state index in [1.807, 2.05) is 0 Å². The van der Waals surface area contributed by atoms with Gasteiger partial charge in [0.05, 0.1) is 0 Å². The maximum absolute atomic E-state index is 2.41. The minimum atomic E-state index is 0.111. The molecule has 2 aromatic rings. The smallest absolute Gasteiger partial charge is 0.0115 e. The number of benzene rings is 2. The van der Waals surface area contributed by atoms with Crippen molar-refractivity contribution in [3.63, 3.8) is 0 Å². The first-order valence-corrected chi connectivity index (χ1v) is 8.82. The Kier molecular flexibility index (Phi) is 4.26. The van der Waals surface area contributed by atoms with Crippen LogP contribution in [0.1, 0.15) is 31.9 Å². The molecule has 0 unspecified atom stereocenters. The number of hydrogen-bond acceptors (Lipinski definition) is 0. The van der Waals surface area contributed by atoms with Gasteiger partial charge in [-0.05, 0) is 70.3 Å². The van der Waals surface area contributed by atoms with Crippen molar-refractivity contribution in [2.75, 3.05) is 0 Å². The molecule has 0 nitrogen and oxygen atoms in total. The number of hydrogen-bond donors (Lipinski definition) is 0. The Labute approximate surface area is 147 Å². The van der Waals surface area contributed by atoms with Crippen molar-refractivity contribution >= 4 is 22.6 Å². The molecular weight excluding hydrogens is 379 g/mol. The van der Waals surface area contributed by atoms with Gasteiger partial charge < -0.3 is 0 Å². The van der Waals surface area contributed by atoms with Crippen LogP contribution in [0.2, 0.25) is 0 Å². The van der Waals surface area contributed by atoms with Crippen LogP contribution in [0.3, 0.4) is 0 Å². The number of fused-ring (bicyclic) bond motifs is 1. The van der Waals surface area contributed by atoms with Crippen LogP contribution in [0.25, 0.3) is 11.1 Å². The molecule has 0 radical (unpaired) electrons. The van der Waals surface area contributed by atoms with E-state index >= 15 is 0 Å². The zero-order valence-electron chi connectivity index (χ0n) is 13.4. The third kappa shape index (κ3) is 2.79. The molecule has 112 valence electrons. The molecule has 0 saturated carbocycles. The Bertz CT molecular complexity index is 749. The Morgan fingerprint density at radius 3 is 2.45 bits per heavy atom. The molecule has 1 heteroatoms. The average molecular weight is 400 g/mol. The van der Waals surface area contributed by atoms with E-state index in [1.165, 1.54) is 31.4 Å². The zero-order chi connectivity index (χ0) is 15.7. The van der Waals surface area contributed by atoms with E-state index in [1.54, 1.807) is 0 Å². The van der Waals surface area contributed by atoms with Crippen molar-refractivity contribution in [3.8, 4) is 11.1 Å². The maximum Gasteiger partial charge on any atom is 0.0115 e. The van der Waals surface area contributed by atoms with E-state index in [0.29, 0.717) is 0 Å². The predicted octanol–water partition coefficient (Wildman–Crippen LogP) is 6.45. The second-order valence-corrected chi connectivity index (χ2v) is 7.63. The summed E-state index contributed by atoms with van der Waals surface area (Å²) in [6.45, 7) is 6.79. The summed E-state index contributed by atoms with van der Waals surface area (Å²) in [6.07, 6.45) is 5.59. The molecule has 22 heavy (non-hydrogen) atoms. The van der Waals surface area contributed by atoms with Crippen LogP contribution in [0, 0.1) is 0 Å². The van der Waals surface area contributed by atoms with Gasteiger partial charge in [0.15, 0.2) is 0 Å². The maximum atomic E-state index is 2.41. The second kappa shape index (κ2) is 6.04. The summed E-state index contributed by atoms with van der Waals surface area (Å²) < 4.78 is 1.32. The van der Waals surface area contributed by atoms with Gasteiger partial charge in [0, 0.05) is 8.99 Å². The normalized spacial score (nSPS) is 18.5. The molecule has 3 rings (SSSR count). The third-order valence-electron chi connectivity index (χ3n) is 4.66. The van der Waals surface area contributed by atoms with E-state index in [9.17, 15) is 0 Å². The molecule has 0 spiro atoms. The molecule has 0 amide bonds. The Morgan fingerprint density at radius 2 is 1.77 bits per heavy atom. The summed E-state index contributed by atoms with van der Waals surface area (Å²) in [5.41, 5.74) is 7.17. The number of rotatable bonds is 2. The van der Waals surface area contributed by atoms with Crippen LogP contribution in [0.4, 0.5) is 0 Å². The lowest BCUT2D eigenvalue weighted by Gasteiger charge is -2.22. The summed E-state index contributed by atoms with van der Waals surface area (Å²) in [5.74, 6) is 0. The Balaban J connectivity index is 2.06. The first kappa shape index (κ1) is 15.5. The molecule has 2 aromatic carbocycles.